The molecule has 0 aromatic carbocycles. The third-order valence-corrected chi connectivity index (χ3v) is 9.93. The Labute approximate surface area is 293 Å². The zero-order chi connectivity index (χ0) is 33.4. The molecule has 0 aliphatic carbocycles. The van der Waals surface area contributed by atoms with Crippen LogP contribution in [0.15, 0.2) is 24.3 Å². The second-order valence-electron chi connectivity index (χ2n) is 14.9. The van der Waals surface area contributed by atoms with E-state index in [1.54, 1.807) is 0 Å². The van der Waals surface area contributed by atoms with Gasteiger partial charge in [0.1, 0.15) is 0 Å². The zero-order valence-electron chi connectivity index (χ0n) is 32.7. The van der Waals surface area contributed by atoms with Gasteiger partial charge >= 0.3 is 0 Å². The molecule has 2 heteroatoms. The van der Waals surface area contributed by atoms with Crippen molar-refractivity contribution in [2.24, 2.45) is 0 Å². The van der Waals surface area contributed by atoms with E-state index in [1.807, 2.05) is 0 Å². The van der Waals surface area contributed by atoms with Crippen LogP contribution in [0, 0.1) is 0 Å². The fraction of sp³-hybridized carbons (Fsp3) is 0.909. The van der Waals surface area contributed by atoms with Crippen molar-refractivity contribution in [2.45, 2.75) is 219 Å². The predicted octanol–water partition coefficient (Wildman–Crippen LogP) is 14.5. The average Bonchev–Trinajstić information content (AvgIpc) is 3.06. The summed E-state index contributed by atoms with van der Waals surface area (Å²) in [4.78, 5) is 5.16. The Morgan fingerprint density at radius 2 is 0.457 bits per heavy atom. The van der Waals surface area contributed by atoms with E-state index < -0.39 is 0 Å². The maximum atomic E-state index is 2.58. The average molecular weight is 645 g/mol. The van der Waals surface area contributed by atoms with Gasteiger partial charge in [0.05, 0.1) is 0 Å². The minimum atomic E-state index is 1.29. The maximum absolute atomic E-state index is 2.58. The van der Waals surface area contributed by atoms with E-state index in [9.17, 15) is 0 Å². The van der Waals surface area contributed by atoms with Gasteiger partial charge in [-0.25, -0.2) is 0 Å². The lowest BCUT2D eigenvalue weighted by molar-refractivity contribution is 0.301. The van der Waals surface area contributed by atoms with E-state index in [2.05, 4.69) is 62.0 Å². The van der Waals surface area contributed by atoms with Gasteiger partial charge in [0.15, 0.2) is 0 Å². The number of rotatable bonds is 39. The van der Waals surface area contributed by atoms with E-state index in [1.165, 1.54) is 232 Å². The Hall–Kier alpha value is -0.600. The van der Waals surface area contributed by atoms with Gasteiger partial charge < -0.3 is 9.80 Å². The number of nitrogens with zero attached hydrogens (tertiary/aromatic N) is 2. The molecular weight excluding hydrogens is 556 g/mol. The topological polar surface area (TPSA) is 6.48 Å². The van der Waals surface area contributed by atoms with Crippen LogP contribution in [0.25, 0.3) is 0 Å². The first kappa shape index (κ1) is 45.4. The third-order valence-electron chi connectivity index (χ3n) is 9.93. The van der Waals surface area contributed by atoms with Crippen molar-refractivity contribution in [3.63, 3.8) is 0 Å². The molecule has 0 aliphatic heterocycles. The van der Waals surface area contributed by atoms with Crippen LogP contribution in [0.3, 0.4) is 0 Å². The highest BCUT2D eigenvalue weighted by atomic mass is 15.1. The van der Waals surface area contributed by atoms with Crippen LogP contribution in [0.4, 0.5) is 0 Å². The molecule has 0 saturated carbocycles. The molecule has 0 bridgehead atoms. The highest BCUT2D eigenvalue weighted by Crippen LogP contribution is 2.12. The van der Waals surface area contributed by atoms with E-state index in [4.69, 9.17) is 0 Å². The second kappa shape index (κ2) is 40.6. The van der Waals surface area contributed by atoms with Gasteiger partial charge in [-0.2, -0.15) is 0 Å². The van der Waals surface area contributed by atoms with E-state index in [0.717, 1.165) is 0 Å². The van der Waals surface area contributed by atoms with E-state index in [0.29, 0.717) is 0 Å². The molecule has 0 unspecified atom stereocenters. The smallest absolute Gasteiger partial charge is 0.00218 e. The number of allylic oxidation sites excluding steroid dienone is 4. The molecule has 0 saturated heterocycles. The number of unbranched alkanes of at least 4 members (excludes halogenated alkanes) is 27. The molecule has 2 nitrogen and oxygen atoms in total. The highest BCUT2D eigenvalue weighted by molar-refractivity contribution is 4.82. The standard InChI is InChI=1S/C44H88N2/c1-5-7-9-11-13-15-17-19-21-23-25-27-29-31-33-37-41-45(3)43-39-35-36-40-44-46(4)42-38-34-32-30-28-26-24-22-20-18-16-14-12-10-8-6-2/h19-22H,5-18,23-44H2,1-4H3/b21-19-,22-20-. The third kappa shape index (κ3) is 39.6. The fourth-order valence-corrected chi connectivity index (χ4v) is 6.60. The van der Waals surface area contributed by atoms with Crippen molar-refractivity contribution in [2.75, 3.05) is 40.3 Å². The lowest BCUT2D eigenvalue weighted by atomic mass is 10.1. The first-order valence-corrected chi connectivity index (χ1v) is 21.4. The molecule has 0 fully saturated rings. The molecule has 0 aromatic rings. The molecule has 0 heterocycles. The lowest BCUT2D eigenvalue weighted by Gasteiger charge is -2.17. The Balaban J connectivity index is 3.30. The summed E-state index contributed by atoms with van der Waals surface area (Å²) in [5.41, 5.74) is 0. The molecule has 46 heavy (non-hydrogen) atoms. The van der Waals surface area contributed by atoms with Gasteiger partial charge in [-0.15, -0.1) is 0 Å². The molecule has 0 aromatic heterocycles. The van der Waals surface area contributed by atoms with Gasteiger partial charge in [-0.3, -0.25) is 0 Å². The zero-order valence-corrected chi connectivity index (χ0v) is 32.7. The van der Waals surface area contributed by atoms with Crippen LogP contribution in [-0.4, -0.2) is 50.1 Å². The first-order valence-electron chi connectivity index (χ1n) is 21.4. The number of hydrogen-bond acceptors (Lipinski definition) is 2. The highest BCUT2D eigenvalue weighted by Gasteiger charge is 2.01. The summed E-state index contributed by atoms with van der Waals surface area (Å²) in [6.45, 7) is 9.75. The molecule has 0 atom stereocenters. The van der Waals surface area contributed by atoms with Gasteiger partial charge in [0.2, 0.25) is 0 Å². The molecule has 0 radical (unpaired) electrons. The normalized spacial score (nSPS) is 12.2. The summed E-state index contributed by atoms with van der Waals surface area (Å²) in [7, 11) is 4.67. The van der Waals surface area contributed by atoms with Crippen molar-refractivity contribution in [1.82, 2.24) is 9.80 Å². The molecule has 0 rings (SSSR count). The monoisotopic (exact) mass is 645 g/mol. The largest absolute Gasteiger partial charge is 0.306 e. The van der Waals surface area contributed by atoms with Gasteiger partial charge in [-0.1, -0.05) is 167 Å². The summed E-state index contributed by atoms with van der Waals surface area (Å²) < 4.78 is 0. The van der Waals surface area contributed by atoms with Crippen LogP contribution in [-0.2, 0) is 0 Å². The van der Waals surface area contributed by atoms with Crippen LogP contribution in [0.2, 0.25) is 0 Å². The van der Waals surface area contributed by atoms with E-state index >= 15 is 0 Å². The molecular formula is C44H88N2. The van der Waals surface area contributed by atoms with Crippen molar-refractivity contribution in [3.05, 3.63) is 24.3 Å². The van der Waals surface area contributed by atoms with Crippen molar-refractivity contribution in [1.29, 1.82) is 0 Å². The molecule has 0 aliphatic rings. The van der Waals surface area contributed by atoms with Gasteiger partial charge in [-0.05, 0) is 117 Å². The molecule has 0 amide bonds. The predicted molar refractivity (Wildman–Crippen MR) is 212 cm³/mol. The fourth-order valence-electron chi connectivity index (χ4n) is 6.60. The first-order chi connectivity index (χ1) is 22.7. The SMILES string of the molecule is CCCCCCCC/C=C\CCCCCCCCN(C)CCCCCCN(C)CCCCCCCC/C=C\CCCCCCCC. The van der Waals surface area contributed by atoms with Crippen LogP contribution >= 0.6 is 0 Å². The molecule has 274 valence electrons. The molecule has 0 spiro atoms. The van der Waals surface area contributed by atoms with Crippen molar-refractivity contribution >= 4 is 0 Å². The van der Waals surface area contributed by atoms with Crippen LogP contribution < -0.4 is 0 Å². The van der Waals surface area contributed by atoms with Gasteiger partial charge in [0.25, 0.3) is 0 Å². The minimum absolute atomic E-state index is 1.29. The van der Waals surface area contributed by atoms with Crippen LogP contribution in [0.1, 0.15) is 219 Å². The lowest BCUT2D eigenvalue weighted by Crippen LogP contribution is -2.22. The Kier molecular flexibility index (Phi) is 40.0. The summed E-state index contributed by atoms with van der Waals surface area (Å²) in [5, 5.41) is 0. The van der Waals surface area contributed by atoms with E-state index in [-0.39, 0.29) is 0 Å². The Morgan fingerprint density at radius 1 is 0.261 bits per heavy atom. The quantitative estimate of drug-likeness (QED) is 0.0485. The summed E-state index contributed by atoms with van der Waals surface area (Å²) >= 11 is 0. The molecule has 0 N–H and O–H groups in total. The van der Waals surface area contributed by atoms with Crippen LogP contribution in [0.5, 0.6) is 0 Å². The summed E-state index contributed by atoms with van der Waals surface area (Å²) in [6.07, 6.45) is 54.4. The second-order valence-corrected chi connectivity index (χ2v) is 14.9. The summed E-state index contributed by atoms with van der Waals surface area (Å²) in [6, 6.07) is 0. The Bertz CT molecular complexity index is 545. The van der Waals surface area contributed by atoms with Crippen molar-refractivity contribution in [3.8, 4) is 0 Å². The summed E-state index contributed by atoms with van der Waals surface area (Å²) in [5.74, 6) is 0. The number of hydrogen-bond donors (Lipinski definition) is 0. The maximum Gasteiger partial charge on any atom is -0.00218 e. The van der Waals surface area contributed by atoms with Crippen molar-refractivity contribution < 1.29 is 0 Å². The Morgan fingerprint density at radius 3 is 0.696 bits per heavy atom. The van der Waals surface area contributed by atoms with Gasteiger partial charge in [0, 0.05) is 0 Å². The minimum Gasteiger partial charge on any atom is -0.306 e.